The molecular weight excluding hydrogens is 360 g/mol. The van der Waals surface area contributed by atoms with Gasteiger partial charge in [-0.05, 0) is 43.2 Å². The number of rotatable bonds is 6. The smallest absolute Gasteiger partial charge is 0.227 e. The fourth-order valence-corrected chi connectivity index (χ4v) is 5.04. The lowest BCUT2D eigenvalue weighted by Gasteiger charge is -2.47. The Morgan fingerprint density at radius 3 is 2.66 bits per heavy atom. The number of hydrogen-bond acceptors (Lipinski definition) is 3. The third kappa shape index (κ3) is 4.81. The predicted molar refractivity (Wildman–Crippen MR) is 116 cm³/mol. The molecule has 1 amide bonds. The molecule has 2 heterocycles. The second kappa shape index (κ2) is 9.45. The van der Waals surface area contributed by atoms with Gasteiger partial charge in [-0.15, -0.1) is 0 Å². The van der Waals surface area contributed by atoms with E-state index in [1.807, 2.05) is 24.3 Å². The molecule has 2 atom stereocenters. The first kappa shape index (κ1) is 20.0. The average molecular weight is 393 g/mol. The van der Waals surface area contributed by atoms with Crippen molar-refractivity contribution in [2.24, 2.45) is 5.92 Å². The fourth-order valence-electron chi connectivity index (χ4n) is 5.04. The summed E-state index contributed by atoms with van der Waals surface area (Å²) in [6, 6.07) is 19.0. The Labute approximate surface area is 174 Å². The monoisotopic (exact) mass is 392 g/mol. The molecule has 154 valence electrons. The Hall–Kier alpha value is -2.33. The third-order valence-corrected chi connectivity index (χ3v) is 6.57. The van der Waals surface area contributed by atoms with Gasteiger partial charge in [0.05, 0.1) is 13.5 Å². The molecule has 0 unspecified atom stereocenters. The van der Waals surface area contributed by atoms with Gasteiger partial charge >= 0.3 is 0 Å². The van der Waals surface area contributed by atoms with E-state index in [2.05, 4.69) is 40.1 Å². The first-order valence-electron chi connectivity index (χ1n) is 10.9. The normalized spacial score (nSPS) is 22.2. The molecule has 0 N–H and O–H groups in total. The summed E-state index contributed by atoms with van der Waals surface area (Å²) >= 11 is 0. The highest BCUT2D eigenvalue weighted by Gasteiger charge is 2.37. The molecular formula is C25H32N2O2. The number of ether oxygens (including phenoxy) is 1. The lowest BCUT2D eigenvalue weighted by atomic mass is 9.83. The summed E-state index contributed by atoms with van der Waals surface area (Å²) in [6.07, 6.45) is 4.99. The van der Waals surface area contributed by atoms with Crippen LogP contribution >= 0.6 is 0 Å². The number of nitrogens with zero attached hydrogens (tertiary/aromatic N) is 2. The number of para-hydroxylation sites is 1. The second-order valence-electron chi connectivity index (χ2n) is 8.37. The minimum absolute atomic E-state index is 0.252. The van der Waals surface area contributed by atoms with Gasteiger partial charge in [-0.25, -0.2) is 0 Å². The Morgan fingerprint density at radius 1 is 1.03 bits per heavy atom. The molecule has 4 nitrogen and oxygen atoms in total. The Morgan fingerprint density at radius 2 is 1.83 bits per heavy atom. The lowest BCUT2D eigenvalue weighted by Crippen LogP contribution is -2.56. The Kier molecular flexibility index (Phi) is 6.50. The van der Waals surface area contributed by atoms with Crippen LogP contribution in [-0.4, -0.2) is 55.0 Å². The van der Waals surface area contributed by atoms with E-state index in [-0.39, 0.29) is 5.91 Å². The molecule has 0 spiro atoms. The van der Waals surface area contributed by atoms with E-state index in [1.165, 1.54) is 12.0 Å². The van der Waals surface area contributed by atoms with E-state index in [0.717, 1.165) is 56.8 Å². The fraction of sp³-hybridized carbons (Fsp3) is 0.480. The Bertz CT molecular complexity index is 807. The summed E-state index contributed by atoms with van der Waals surface area (Å²) in [5, 5.41) is 0. The van der Waals surface area contributed by atoms with Crippen molar-refractivity contribution in [3.05, 3.63) is 65.7 Å². The quantitative estimate of drug-likeness (QED) is 0.750. The van der Waals surface area contributed by atoms with Crippen molar-refractivity contribution in [2.75, 3.05) is 33.3 Å². The van der Waals surface area contributed by atoms with Gasteiger partial charge < -0.3 is 14.5 Å². The number of hydrogen-bond donors (Lipinski definition) is 0. The molecule has 4 rings (SSSR count). The second-order valence-corrected chi connectivity index (χ2v) is 8.37. The molecule has 2 aromatic rings. The van der Waals surface area contributed by atoms with Crippen LogP contribution in [0.3, 0.4) is 0 Å². The van der Waals surface area contributed by atoms with Crippen LogP contribution in [0.15, 0.2) is 54.6 Å². The predicted octanol–water partition coefficient (Wildman–Crippen LogP) is 3.79. The van der Waals surface area contributed by atoms with Crippen LogP contribution in [0.5, 0.6) is 5.75 Å². The van der Waals surface area contributed by atoms with Crippen LogP contribution in [0.4, 0.5) is 0 Å². The van der Waals surface area contributed by atoms with Gasteiger partial charge in [-0.3, -0.25) is 4.79 Å². The zero-order valence-electron chi connectivity index (χ0n) is 17.4. The molecule has 2 fully saturated rings. The highest BCUT2D eigenvalue weighted by Crippen LogP contribution is 2.31. The summed E-state index contributed by atoms with van der Waals surface area (Å²) < 4.78 is 5.44. The summed E-state index contributed by atoms with van der Waals surface area (Å²) in [5.41, 5.74) is 2.40. The van der Waals surface area contributed by atoms with Gasteiger partial charge in [0.1, 0.15) is 5.75 Å². The molecule has 2 saturated heterocycles. The van der Waals surface area contributed by atoms with Crippen molar-refractivity contribution in [3.8, 4) is 5.75 Å². The summed E-state index contributed by atoms with van der Waals surface area (Å²) in [5.74, 6) is 1.67. The number of piperidine rings is 2. The minimum atomic E-state index is 0.252. The van der Waals surface area contributed by atoms with Gasteiger partial charge in [0.2, 0.25) is 5.91 Å². The molecule has 29 heavy (non-hydrogen) atoms. The van der Waals surface area contributed by atoms with Gasteiger partial charge in [-0.1, -0.05) is 48.5 Å². The van der Waals surface area contributed by atoms with Crippen LogP contribution in [0.25, 0.3) is 0 Å². The van der Waals surface area contributed by atoms with Crippen molar-refractivity contribution in [2.45, 2.75) is 38.1 Å². The molecule has 2 aliphatic rings. The highest BCUT2D eigenvalue weighted by atomic mass is 16.5. The van der Waals surface area contributed by atoms with Gasteiger partial charge in [0.25, 0.3) is 0 Å². The molecule has 0 saturated carbocycles. The molecule has 0 aliphatic carbocycles. The number of amides is 1. The lowest BCUT2D eigenvalue weighted by molar-refractivity contribution is -0.137. The maximum Gasteiger partial charge on any atom is 0.227 e. The van der Waals surface area contributed by atoms with Crippen molar-refractivity contribution >= 4 is 5.91 Å². The first-order valence-corrected chi connectivity index (χ1v) is 10.9. The van der Waals surface area contributed by atoms with Crippen molar-refractivity contribution in [1.29, 1.82) is 0 Å². The zero-order chi connectivity index (χ0) is 20.1. The summed E-state index contributed by atoms with van der Waals surface area (Å²) in [6.45, 7) is 4.23. The van der Waals surface area contributed by atoms with Crippen molar-refractivity contribution in [3.63, 3.8) is 0 Å². The number of carbonyl (C=O) groups excluding carboxylic acids is 1. The van der Waals surface area contributed by atoms with Crippen LogP contribution in [0.2, 0.25) is 0 Å². The van der Waals surface area contributed by atoms with Crippen LogP contribution in [-0.2, 0) is 17.6 Å². The summed E-state index contributed by atoms with van der Waals surface area (Å²) in [7, 11) is 1.67. The zero-order valence-corrected chi connectivity index (χ0v) is 17.4. The van der Waals surface area contributed by atoms with Crippen LogP contribution < -0.4 is 4.74 Å². The maximum atomic E-state index is 13.1. The number of methoxy groups -OCH3 is 1. The molecule has 2 aliphatic heterocycles. The van der Waals surface area contributed by atoms with Gasteiger partial charge in [0, 0.05) is 37.8 Å². The van der Waals surface area contributed by atoms with Crippen LogP contribution in [0, 0.1) is 5.92 Å². The topological polar surface area (TPSA) is 32.8 Å². The van der Waals surface area contributed by atoms with E-state index < -0.39 is 0 Å². The largest absolute Gasteiger partial charge is 0.496 e. The van der Waals surface area contributed by atoms with E-state index in [9.17, 15) is 4.79 Å². The van der Waals surface area contributed by atoms with E-state index in [0.29, 0.717) is 18.4 Å². The van der Waals surface area contributed by atoms with E-state index in [4.69, 9.17) is 4.74 Å². The Balaban J connectivity index is 1.35. The minimum Gasteiger partial charge on any atom is -0.496 e. The number of benzene rings is 2. The van der Waals surface area contributed by atoms with E-state index in [1.54, 1.807) is 7.11 Å². The van der Waals surface area contributed by atoms with Gasteiger partial charge in [0.15, 0.2) is 0 Å². The van der Waals surface area contributed by atoms with Gasteiger partial charge in [-0.2, -0.15) is 0 Å². The highest BCUT2D eigenvalue weighted by molar-refractivity contribution is 5.80. The SMILES string of the molecule is COc1ccccc1CC(=O)N1CCC[C@@H]2CN(CCc3ccccc3)CC[C@@H]21. The van der Waals surface area contributed by atoms with E-state index >= 15 is 0 Å². The number of likely N-dealkylation sites (tertiary alicyclic amines) is 2. The van der Waals surface area contributed by atoms with Crippen LogP contribution in [0.1, 0.15) is 30.4 Å². The number of fused-ring (bicyclic) bond motifs is 1. The molecule has 2 aromatic carbocycles. The first-order chi connectivity index (χ1) is 14.2. The number of carbonyl (C=O) groups is 1. The maximum absolute atomic E-state index is 13.1. The molecule has 0 aromatic heterocycles. The van der Waals surface area contributed by atoms with Crippen molar-refractivity contribution in [1.82, 2.24) is 9.80 Å². The molecule has 0 bridgehead atoms. The average Bonchev–Trinajstić information content (AvgIpc) is 2.78. The third-order valence-electron chi connectivity index (χ3n) is 6.57. The van der Waals surface area contributed by atoms with Crippen molar-refractivity contribution < 1.29 is 9.53 Å². The molecule has 4 heteroatoms. The molecule has 0 radical (unpaired) electrons. The summed E-state index contributed by atoms with van der Waals surface area (Å²) in [4.78, 5) is 17.9. The standard InChI is InChI=1S/C25H32N2O2/c1-29-24-12-6-5-10-21(24)18-25(28)27-15-7-11-22-19-26(17-14-23(22)27)16-13-20-8-3-2-4-9-20/h2-6,8-10,12,22-23H,7,11,13-19H2,1H3/t22-,23+/m1/s1.